The summed E-state index contributed by atoms with van der Waals surface area (Å²) in [6.45, 7) is 1.82. The van der Waals surface area contributed by atoms with Gasteiger partial charge >= 0.3 is 5.97 Å². The molecule has 36 heavy (non-hydrogen) atoms. The van der Waals surface area contributed by atoms with Gasteiger partial charge in [-0.15, -0.1) is 0 Å². The lowest BCUT2D eigenvalue weighted by atomic mass is 9.71. The SMILES string of the molecule is CC1=C(C(=O)OC2CCCC2)[C@@H](c2ccccc2F)C2=C(C[C@@H](c3ccc(N(C)C)cc3)CC2=O)N1. The summed E-state index contributed by atoms with van der Waals surface area (Å²) in [5.74, 6) is -1.70. The number of esters is 1. The molecular formula is C30H33FN2O3. The number of carbonyl (C=O) groups is 2. The summed E-state index contributed by atoms with van der Waals surface area (Å²) in [5.41, 5.74) is 4.76. The third-order valence-electron chi connectivity index (χ3n) is 7.72. The van der Waals surface area contributed by atoms with Gasteiger partial charge in [-0.25, -0.2) is 9.18 Å². The summed E-state index contributed by atoms with van der Waals surface area (Å²) in [4.78, 5) is 29.2. The first-order valence-corrected chi connectivity index (χ1v) is 12.8. The van der Waals surface area contributed by atoms with Crippen molar-refractivity contribution in [1.82, 2.24) is 5.32 Å². The standard InChI is InChI=1S/C30H33FN2O3/c1-18-27(30(35)36-22-8-4-5-9-22)28(23-10-6-7-11-24(23)31)29-25(32-18)16-20(17-26(29)34)19-12-14-21(15-13-19)33(2)3/h6-7,10-15,20,22,28,32H,4-5,8-9,16-17H2,1-3H3/t20-,28-/m1/s1. The van der Waals surface area contributed by atoms with Crippen LogP contribution in [0.3, 0.4) is 0 Å². The van der Waals surface area contributed by atoms with Crippen molar-refractivity contribution in [2.75, 3.05) is 19.0 Å². The Hall–Kier alpha value is -3.41. The van der Waals surface area contributed by atoms with Crippen LogP contribution in [0.2, 0.25) is 0 Å². The minimum atomic E-state index is -0.777. The van der Waals surface area contributed by atoms with E-state index in [2.05, 4.69) is 29.6 Å². The summed E-state index contributed by atoms with van der Waals surface area (Å²) in [7, 11) is 3.99. The molecule has 0 spiro atoms. The number of benzene rings is 2. The Morgan fingerprint density at radius 3 is 2.39 bits per heavy atom. The second kappa shape index (κ2) is 9.92. The number of ether oxygens (including phenoxy) is 1. The van der Waals surface area contributed by atoms with Crippen LogP contribution in [0.25, 0.3) is 0 Å². The zero-order chi connectivity index (χ0) is 25.4. The Bertz CT molecular complexity index is 1240. The van der Waals surface area contributed by atoms with Gasteiger partial charge < -0.3 is 15.0 Å². The number of ketones is 1. The van der Waals surface area contributed by atoms with Crippen molar-refractivity contribution in [1.29, 1.82) is 0 Å². The van der Waals surface area contributed by atoms with E-state index in [0.717, 1.165) is 42.6 Å². The van der Waals surface area contributed by atoms with Gasteiger partial charge in [0.15, 0.2) is 5.78 Å². The van der Waals surface area contributed by atoms with E-state index in [-0.39, 0.29) is 17.8 Å². The number of carbonyl (C=O) groups excluding carboxylic acids is 2. The van der Waals surface area contributed by atoms with Crippen molar-refractivity contribution in [2.45, 2.75) is 63.4 Å². The molecule has 2 atom stereocenters. The Kier molecular flexibility index (Phi) is 6.69. The van der Waals surface area contributed by atoms with E-state index in [1.165, 1.54) is 6.07 Å². The van der Waals surface area contributed by atoms with Crippen molar-refractivity contribution < 1.29 is 18.7 Å². The number of nitrogens with one attached hydrogen (secondary N) is 1. The number of Topliss-reactive ketones (excluding diaryl/α,β-unsaturated/α-hetero) is 1. The van der Waals surface area contributed by atoms with Crippen LogP contribution in [-0.2, 0) is 14.3 Å². The highest BCUT2D eigenvalue weighted by atomic mass is 19.1. The number of dihydropyridines is 1. The van der Waals surface area contributed by atoms with Gasteiger partial charge in [-0.3, -0.25) is 4.79 Å². The average molecular weight is 489 g/mol. The first-order chi connectivity index (χ1) is 17.3. The summed E-state index contributed by atoms with van der Waals surface area (Å²) in [6.07, 6.45) is 4.58. The van der Waals surface area contributed by atoms with E-state index in [1.807, 2.05) is 25.9 Å². The van der Waals surface area contributed by atoms with Crippen molar-refractivity contribution in [3.8, 4) is 0 Å². The zero-order valence-corrected chi connectivity index (χ0v) is 21.1. The third kappa shape index (κ3) is 4.57. The highest BCUT2D eigenvalue weighted by molar-refractivity contribution is 6.04. The highest BCUT2D eigenvalue weighted by Gasteiger charge is 2.42. The predicted molar refractivity (Wildman–Crippen MR) is 138 cm³/mol. The van der Waals surface area contributed by atoms with Gasteiger partial charge in [-0.2, -0.15) is 0 Å². The van der Waals surface area contributed by atoms with Crippen LogP contribution in [-0.4, -0.2) is 32.0 Å². The Morgan fingerprint density at radius 2 is 1.72 bits per heavy atom. The van der Waals surface area contributed by atoms with Crippen LogP contribution >= 0.6 is 0 Å². The molecule has 6 heteroatoms. The van der Waals surface area contributed by atoms with E-state index < -0.39 is 17.7 Å². The molecule has 0 aromatic heterocycles. The average Bonchev–Trinajstić information content (AvgIpc) is 3.36. The minimum absolute atomic E-state index is 0.0148. The van der Waals surface area contributed by atoms with Crippen molar-refractivity contribution >= 4 is 17.4 Å². The second-order valence-electron chi connectivity index (χ2n) is 10.3. The number of hydrogen-bond donors (Lipinski definition) is 1. The zero-order valence-electron chi connectivity index (χ0n) is 21.1. The van der Waals surface area contributed by atoms with Gasteiger partial charge in [0.05, 0.1) is 11.5 Å². The maximum atomic E-state index is 15.1. The topological polar surface area (TPSA) is 58.6 Å². The quantitative estimate of drug-likeness (QED) is 0.544. The molecule has 0 radical (unpaired) electrons. The molecule has 5 rings (SSSR count). The number of allylic oxidation sites excluding steroid dienone is 3. The van der Waals surface area contributed by atoms with Crippen molar-refractivity contribution in [3.63, 3.8) is 0 Å². The summed E-state index contributed by atoms with van der Waals surface area (Å²) >= 11 is 0. The molecule has 1 heterocycles. The summed E-state index contributed by atoms with van der Waals surface area (Å²) in [6, 6.07) is 14.7. The van der Waals surface area contributed by atoms with Crippen LogP contribution in [0.15, 0.2) is 71.1 Å². The Balaban J connectivity index is 1.52. The molecular weight excluding hydrogens is 455 g/mol. The highest BCUT2D eigenvalue weighted by Crippen LogP contribution is 2.46. The maximum absolute atomic E-state index is 15.1. The molecule has 0 unspecified atom stereocenters. The fourth-order valence-corrected chi connectivity index (χ4v) is 5.83. The molecule has 0 saturated heterocycles. The Labute approximate surface area is 212 Å². The van der Waals surface area contributed by atoms with Crippen LogP contribution in [0, 0.1) is 5.82 Å². The van der Waals surface area contributed by atoms with Crippen LogP contribution in [0.5, 0.6) is 0 Å². The smallest absolute Gasteiger partial charge is 0.337 e. The summed E-state index contributed by atoms with van der Waals surface area (Å²) < 4.78 is 21.0. The molecule has 2 aromatic carbocycles. The van der Waals surface area contributed by atoms with E-state index in [4.69, 9.17) is 4.74 Å². The molecule has 1 fully saturated rings. The van der Waals surface area contributed by atoms with Crippen LogP contribution < -0.4 is 10.2 Å². The van der Waals surface area contributed by atoms with Gasteiger partial charge in [0.25, 0.3) is 0 Å². The molecule has 188 valence electrons. The maximum Gasteiger partial charge on any atom is 0.337 e. The van der Waals surface area contributed by atoms with Crippen molar-refractivity contribution in [2.24, 2.45) is 0 Å². The molecule has 0 bridgehead atoms. The van der Waals surface area contributed by atoms with E-state index >= 15 is 4.39 Å². The molecule has 5 nitrogen and oxygen atoms in total. The number of rotatable bonds is 5. The molecule has 0 amide bonds. The first kappa shape index (κ1) is 24.3. The molecule has 2 aromatic rings. The molecule has 1 aliphatic heterocycles. The van der Waals surface area contributed by atoms with Gasteiger partial charge in [0, 0.05) is 48.7 Å². The molecule has 1 N–H and O–H groups in total. The van der Waals surface area contributed by atoms with E-state index in [0.29, 0.717) is 35.2 Å². The monoisotopic (exact) mass is 488 g/mol. The molecule has 1 saturated carbocycles. The number of anilines is 1. The largest absolute Gasteiger partial charge is 0.459 e. The van der Waals surface area contributed by atoms with Gasteiger partial charge in [-0.05, 0) is 68.7 Å². The van der Waals surface area contributed by atoms with E-state index in [1.54, 1.807) is 18.2 Å². The van der Waals surface area contributed by atoms with Gasteiger partial charge in [0.1, 0.15) is 11.9 Å². The van der Waals surface area contributed by atoms with E-state index in [9.17, 15) is 9.59 Å². The predicted octanol–water partition coefficient (Wildman–Crippen LogP) is 5.74. The lowest BCUT2D eigenvalue weighted by Gasteiger charge is -2.37. The number of nitrogens with zero attached hydrogens (tertiary/aromatic N) is 1. The van der Waals surface area contributed by atoms with Gasteiger partial charge in [-0.1, -0.05) is 30.3 Å². The Morgan fingerprint density at radius 1 is 1.03 bits per heavy atom. The van der Waals surface area contributed by atoms with Crippen LogP contribution in [0.1, 0.15) is 68.4 Å². The molecule has 2 aliphatic carbocycles. The third-order valence-corrected chi connectivity index (χ3v) is 7.72. The minimum Gasteiger partial charge on any atom is -0.459 e. The van der Waals surface area contributed by atoms with Gasteiger partial charge in [0.2, 0.25) is 0 Å². The van der Waals surface area contributed by atoms with Crippen LogP contribution in [0.4, 0.5) is 10.1 Å². The fourth-order valence-electron chi connectivity index (χ4n) is 5.83. The first-order valence-electron chi connectivity index (χ1n) is 12.8. The number of halogens is 1. The second-order valence-corrected chi connectivity index (χ2v) is 10.3. The number of hydrogen-bond acceptors (Lipinski definition) is 5. The van der Waals surface area contributed by atoms with Crippen molar-refractivity contribution in [3.05, 3.63) is 88.0 Å². The normalized spacial score (nSPS) is 22.4. The molecule has 3 aliphatic rings. The lowest BCUT2D eigenvalue weighted by Crippen LogP contribution is -2.37. The fraction of sp³-hybridized carbons (Fsp3) is 0.400. The lowest BCUT2D eigenvalue weighted by molar-refractivity contribution is -0.144. The summed E-state index contributed by atoms with van der Waals surface area (Å²) in [5, 5.41) is 3.36.